The van der Waals surface area contributed by atoms with Gasteiger partial charge in [-0.1, -0.05) is 96.9 Å². The standard InChI is InChI=1S/C23H20O/c1-3-23(2,21-17-11-6-12-18-21)24-22(19-13-7-4-8-14-19)20-15-9-5-10-16-20/h1,4-18,22H,2H3. The molecule has 0 bridgehead atoms. The van der Waals surface area contributed by atoms with Crippen LogP contribution < -0.4 is 0 Å². The van der Waals surface area contributed by atoms with E-state index in [0.29, 0.717) is 0 Å². The topological polar surface area (TPSA) is 9.23 Å². The van der Waals surface area contributed by atoms with Gasteiger partial charge in [-0.15, -0.1) is 6.42 Å². The second kappa shape index (κ2) is 7.17. The summed E-state index contributed by atoms with van der Waals surface area (Å²) in [5.74, 6) is 2.84. The van der Waals surface area contributed by atoms with Crippen LogP contribution in [0.3, 0.4) is 0 Å². The van der Waals surface area contributed by atoms with E-state index in [1.54, 1.807) is 0 Å². The fraction of sp³-hybridized carbons (Fsp3) is 0.130. The SMILES string of the molecule is C#CC(C)(OC(c1ccccc1)c1ccccc1)c1ccccc1. The number of terminal acetylenes is 1. The second-order valence-corrected chi connectivity index (χ2v) is 5.86. The van der Waals surface area contributed by atoms with E-state index in [4.69, 9.17) is 11.2 Å². The van der Waals surface area contributed by atoms with Gasteiger partial charge >= 0.3 is 0 Å². The molecule has 0 saturated carbocycles. The molecule has 1 heteroatoms. The Hall–Kier alpha value is -2.82. The van der Waals surface area contributed by atoms with Crippen LogP contribution in [0.4, 0.5) is 0 Å². The van der Waals surface area contributed by atoms with E-state index in [0.717, 1.165) is 16.7 Å². The Kier molecular flexibility index (Phi) is 4.79. The highest BCUT2D eigenvalue weighted by Crippen LogP contribution is 2.35. The minimum absolute atomic E-state index is 0.228. The Labute approximate surface area is 143 Å². The van der Waals surface area contributed by atoms with Gasteiger partial charge in [0, 0.05) is 0 Å². The molecular weight excluding hydrogens is 292 g/mol. The number of rotatable bonds is 5. The molecule has 0 N–H and O–H groups in total. The molecule has 0 fully saturated rings. The lowest BCUT2D eigenvalue weighted by Gasteiger charge is -2.31. The molecule has 0 spiro atoms. The van der Waals surface area contributed by atoms with Gasteiger partial charge in [-0.05, 0) is 23.6 Å². The molecule has 0 heterocycles. The number of ether oxygens (including phenoxy) is 1. The first-order valence-electron chi connectivity index (χ1n) is 8.04. The first-order chi connectivity index (χ1) is 11.7. The molecular formula is C23H20O. The van der Waals surface area contributed by atoms with Crippen molar-refractivity contribution in [3.05, 3.63) is 108 Å². The summed E-state index contributed by atoms with van der Waals surface area (Å²) in [4.78, 5) is 0. The van der Waals surface area contributed by atoms with Crippen LogP contribution in [0.25, 0.3) is 0 Å². The van der Waals surface area contributed by atoms with Crippen LogP contribution in [0, 0.1) is 12.3 Å². The Bertz CT molecular complexity index is 763. The minimum atomic E-state index is -0.808. The van der Waals surface area contributed by atoms with Crippen LogP contribution in [-0.4, -0.2) is 0 Å². The molecule has 0 aliphatic rings. The zero-order valence-corrected chi connectivity index (χ0v) is 13.7. The molecule has 0 aliphatic carbocycles. The Balaban J connectivity index is 2.02. The van der Waals surface area contributed by atoms with E-state index in [9.17, 15) is 0 Å². The Morgan fingerprint density at radius 3 is 1.58 bits per heavy atom. The predicted octanol–water partition coefficient (Wildman–Crippen LogP) is 5.34. The van der Waals surface area contributed by atoms with Crippen LogP contribution in [0.1, 0.15) is 29.7 Å². The molecule has 0 aliphatic heterocycles. The minimum Gasteiger partial charge on any atom is -0.346 e. The molecule has 1 atom stereocenters. The first-order valence-corrected chi connectivity index (χ1v) is 8.04. The van der Waals surface area contributed by atoms with Crippen molar-refractivity contribution in [1.29, 1.82) is 0 Å². The van der Waals surface area contributed by atoms with Crippen molar-refractivity contribution in [1.82, 2.24) is 0 Å². The molecule has 0 amide bonds. The van der Waals surface area contributed by atoms with Crippen molar-refractivity contribution in [2.24, 2.45) is 0 Å². The summed E-state index contributed by atoms with van der Waals surface area (Å²) in [6.45, 7) is 1.95. The Morgan fingerprint density at radius 2 is 1.17 bits per heavy atom. The lowest BCUT2D eigenvalue weighted by molar-refractivity contribution is -0.0324. The molecule has 3 aromatic rings. The molecule has 0 saturated heterocycles. The molecule has 118 valence electrons. The zero-order valence-electron chi connectivity index (χ0n) is 13.7. The molecule has 0 aromatic heterocycles. The molecule has 0 radical (unpaired) electrons. The largest absolute Gasteiger partial charge is 0.346 e. The van der Waals surface area contributed by atoms with Crippen molar-refractivity contribution in [2.75, 3.05) is 0 Å². The summed E-state index contributed by atoms with van der Waals surface area (Å²) in [7, 11) is 0. The summed E-state index contributed by atoms with van der Waals surface area (Å²) in [6.07, 6.45) is 5.64. The zero-order chi connectivity index (χ0) is 16.8. The maximum absolute atomic E-state index is 6.51. The average molecular weight is 312 g/mol. The third-order valence-electron chi connectivity index (χ3n) is 4.16. The monoisotopic (exact) mass is 312 g/mol. The van der Waals surface area contributed by atoms with Gasteiger partial charge in [-0.25, -0.2) is 0 Å². The van der Waals surface area contributed by atoms with E-state index in [2.05, 4.69) is 30.2 Å². The van der Waals surface area contributed by atoms with E-state index in [-0.39, 0.29) is 6.10 Å². The van der Waals surface area contributed by atoms with Crippen LogP contribution in [0.2, 0.25) is 0 Å². The van der Waals surface area contributed by atoms with Crippen LogP contribution in [-0.2, 0) is 10.3 Å². The summed E-state index contributed by atoms with van der Waals surface area (Å²) in [5.41, 5.74) is 2.34. The summed E-state index contributed by atoms with van der Waals surface area (Å²) < 4.78 is 6.51. The lowest BCUT2D eigenvalue weighted by Crippen LogP contribution is -2.27. The second-order valence-electron chi connectivity index (χ2n) is 5.86. The third-order valence-corrected chi connectivity index (χ3v) is 4.16. The van der Waals surface area contributed by atoms with Crippen molar-refractivity contribution < 1.29 is 4.74 Å². The van der Waals surface area contributed by atoms with Crippen molar-refractivity contribution >= 4 is 0 Å². The van der Waals surface area contributed by atoms with Gasteiger partial charge in [-0.2, -0.15) is 0 Å². The number of hydrogen-bond acceptors (Lipinski definition) is 1. The Morgan fingerprint density at radius 1 is 0.750 bits per heavy atom. The van der Waals surface area contributed by atoms with Gasteiger partial charge in [0.25, 0.3) is 0 Å². The highest BCUT2D eigenvalue weighted by molar-refractivity contribution is 5.34. The van der Waals surface area contributed by atoms with Crippen molar-refractivity contribution in [3.8, 4) is 12.3 Å². The molecule has 1 unspecified atom stereocenters. The fourth-order valence-electron chi connectivity index (χ4n) is 2.76. The normalized spacial score (nSPS) is 13.2. The fourth-order valence-corrected chi connectivity index (χ4v) is 2.76. The summed E-state index contributed by atoms with van der Waals surface area (Å²) in [5, 5.41) is 0. The van der Waals surface area contributed by atoms with E-state index in [1.807, 2.05) is 73.7 Å². The molecule has 3 aromatic carbocycles. The van der Waals surface area contributed by atoms with Crippen molar-refractivity contribution in [2.45, 2.75) is 18.6 Å². The quantitative estimate of drug-likeness (QED) is 0.578. The third kappa shape index (κ3) is 3.40. The van der Waals surface area contributed by atoms with Gasteiger partial charge in [0.05, 0.1) is 0 Å². The highest BCUT2D eigenvalue weighted by atomic mass is 16.5. The van der Waals surface area contributed by atoms with Crippen LogP contribution >= 0.6 is 0 Å². The van der Waals surface area contributed by atoms with Crippen LogP contribution in [0.5, 0.6) is 0 Å². The number of benzene rings is 3. The highest BCUT2D eigenvalue weighted by Gasteiger charge is 2.30. The first kappa shape index (κ1) is 16.1. The maximum Gasteiger partial charge on any atom is 0.152 e. The van der Waals surface area contributed by atoms with Gasteiger partial charge in [0.2, 0.25) is 0 Å². The maximum atomic E-state index is 6.51. The van der Waals surface area contributed by atoms with Gasteiger partial charge in [-0.3, -0.25) is 0 Å². The van der Waals surface area contributed by atoms with Gasteiger partial charge in [0.15, 0.2) is 5.60 Å². The smallest absolute Gasteiger partial charge is 0.152 e. The molecule has 1 nitrogen and oxygen atoms in total. The number of hydrogen-bond donors (Lipinski definition) is 0. The van der Waals surface area contributed by atoms with Gasteiger partial charge in [0.1, 0.15) is 6.10 Å². The lowest BCUT2D eigenvalue weighted by atomic mass is 9.94. The predicted molar refractivity (Wildman–Crippen MR) is 98.4 cm³/mol. The summed E-state index contributed by atoms with van der Waals surface area (Å²) in [6, 6.07) is 30.3. The summed E-state index contributed by atoms with van der Waals surface area (Å²) >= 11 is 0. The van der Waals surface area contributed by atoms with E-state index in [1.165, 1.54) is 0 Å². The van der Waals surface area contributed by atoms with Gasteiger partial charge < -0.3 is 4.74 Å². The molecule has 24 heavy (non-hydrogen) atoms. The average Bonchev–Trinajstić information content (AvgIpc) is 2.68. The molecule has 3 rings (SSSR count). The van der Waals surface area contributed by atoms with E-state index < -0.39 is 5.60 Å². The van der Waals surface area contributed by atoms with E-state index >= 15 is 0 Å². The van der Waals surface area contributed by atoms with Crippen LogP contribution in [0.15, 0.2) is 91.0 Å². The van der Waals surface area contributed by atoms with Crippen molar-refractivity contribution in [3.63, 3.8) is 0 Å².